The third-order valence-electron chi connectivity index (χ3n) is 2.19. The molecule has 54 valence electrons. The first-order valence-corrected chi connectivity index (χ1v) is 4.83. The summed E-state index contributed by atoms with van der Waals surface area (Å²) in [6, 6.07) is 0. The van der Waals surface area contributed by atoms with Crippen LogP contribution in [0, 0.1) is 5.92 Å². The van der Waals surface area contributed by atoms with E-state index in [1.165, 1.54) is 5.57 Å². The summed E-state index contributed by atoms with van der Waals surface area (Å²) in [6.45, 7) is 0. The van der Waals surface area contributed by atoms with Crippen molar-refractivity contribution in [3.05, 3.63) is 11.6 Å². The highest BCUT2D eigenvalue weighted by Gasteiger charge is 2.29. The van der Waals surface area contributed by atoms with Crippen molar-refractivity contribution in [1.82, 2.24) is 0 Å². The molecule has 0 amide bonds. The van der Waals surface area contributed by atoms with Crippen molar-refractivity contribution in [2.45, 2.75) is 12.8 Å². The fourth-order valence-corrected chi connectivity index (χ4v) is 2.89. The monoisotopic (exact) mass is 154 g/mol. The molecule has 0 saturated carbocycles. The van der Waals surface area contributed by atoms with Crippen molar-refractivity contribution in [2.75, 3.05) is 11.5 Å². The fourth-order valence-electron chi connectivity index (χ4n) is 1.58. The summed E-state index contributed by atoms with van der Waals surface area (Å²) in [5, 5.41) is 0. The van der Waals surface area contributed by atoms with Gasteiger partial charge in [-0.2, -0.15) is 11.8 Å². The van der Waals surface area contributed by atoms with Gasteiger partial charge in [-0.1, -0.05) is 11.6 Å². The standard InChI is InChI=1S/C8H10OS/c9-8-3-1-2-6-4-10-5-7(6)8/h2,7H,1,3-5H2. The van der Waals surface area contributed by atoms with Gasteiger partial charge in [0.15, 0.2) is 0 Å². The minimum atomic E-state index is 0.318. The fraction of sp³-hybridized carbons (Fsp3) is 0.625. The van der Waals surface area contributed by atoms with Crippen molar-refractivity contribution in [3.8, 4) is 0 Å². The lowest BCUT2D eigenvalue weighted by atomic mass is 9.89. The number of fused-ring (bicyclic) bond motifs is 1. The molecular weight excluding hydrogens is 144 g/mol. The van der Waals surface area contributed by atoms with Crippen LogP contribution in [0.5, 0.6) is 0 Å². The summed E-state index contributed by atoms with van der Waals surface area (Å²) in [6.07, 6.45) is 4.03. The van der Waals surface area contributed by atoms with Crippen molar-refractivity contribution in [2.24, 2.45) is 5.92 Å². The molecule has 2 heteroatoms. The van der Waals surface area contributed by atoms with Crippen molar-refractivity contribution >= 4 is 17.5 Å². The van der Waals surface area contributed by atoms with Gasteiger partial charge in [-0.25, -0.2) is 0 Å². The molecule has 1 unspecified atom stereocenters. The maximum Gasteiger partial charge on any atom is 0.141 e. The molecule has 1 fully saturated rings. The van der Waals surface area contributed by atoms with Crippen LogP contribution in [0.25, 0.3) is 0 Å². The van der Waals surface area contributed by atoms with E-state index in [0.29, 0.717) is 11.7 Å². The molecule has 10 heavy (non-hydrogen) atoms. The minimum Gasteiger partial charge on any atom is -0.299 e. The van der Waals surface area contributed by atoms with Gasteiger partial charge in [-0.3, -0.25) is 4.79 Å². The normalized spacial score (nSPS) is 31.8. The molecule has 1 atom stereocenters. The van der Waals surface area contributed by atoms with Gasteiger partial charge in [0, 0.05) is 23.8 Å². The summed E-state index contributed by atoms with van der Waals surface area (Å²) in [4.78, 5) is 11.2. The Morgan fingerprint density at radius 2 is 2.50 bits per heavy atom. The molecule has 1 aliphatic heterocycles. The van der Waals surface area contributed by atoms with Crippen molar-refractivity contribution in [3.63, 3.8) is 0 Å². The van der Waals surface area contributed by atoms with Crippen LogP contribution >= 0.6 is 11.8 Å². The van der Waals surface area contributed by atoms with E-state index >= 15 is 0 Å². The highest BCUT2D eigenvalue weighted by Crippen LogP contribution is 2.33. The first-order chi connectivity index (χ1) is 4.88. The average molecular weight is 154 g/mol. The molecule has 0 radical (unpaired) electrons. The van der Waals surface area contributed by atoms with Crippen LogP contribution in [0.4, 0.5) is 0 Å². The highest BCUT2D eigenvalue weighted by atomic mass is 32.2. The van der Waals surface area contributed by atoms with Crippen LogP contribution in [0.2, 0.25) is 0 Å². The van der Waals surface area contributed by atoms with Crippen LogP contribution in [-0.4, -0.2) is 17.3 Å². The summed E-state index contributed by atoms with van der Waals surface area (Å²) >= 11 is 1.89. The number of thioether (sulfide) groups is 1. The number of Topliss-reactive ketones (excluding diaryl/α,β-unsaturated/α-hetero) is 1. The number of rotatable bonds is 0. The molecule has 1 nitrogen and oxygen atoms in total. The Kier molecular flexibility index (Phi) is 1.57. The summed E-state index contributed by atoms with van der Waals surface area (Å²) in [5.41, 5.74) is 1.40. The second kappa shape index (κ2) is 2.42. The molecule has 1 aliphatic carbocycles. The Labute approximate surface area is 64.9 Å². The molecule has 2 rings (SSSR count). The molecule has 0 aromatic rings. The molecule has 0 bridgehead atoms. The second-order valence-electron chi connectivity index (χ2n) is 2.85. The average Bonchev–Trinajstić information content (AvgIpc) is 2.36. The zero-order valence-electron chi connectivity index (χ0n) is 5.80. The number of ketones is 1. The Morgan fingerprint density at radius 1 is 1.60 bits per heavy atom. The first-order valence-electron chi connectivity index (χ1n) is 3.67. The molecule has 2 aliphatic rings. The van der Waals surface area contributed by atoms with Gasteiger partial charge in [0.05, 0.1) is 0 Å². The van der Waals surface area contributed by atoms with Gasteiger partial charge in [0.1, 0.15) is 5.78 Å². The Bertz CT molecular complexity index is 195. The maximum absolute atomic E-state index is 11.2. The van der Waals surface area contributed by atoms with E-state index in [-0.39, 0.29) is 0 Å². The third-order valence-corrected chi connectivity index (χ3v) is 3.29. The minimum absolute atomic E-state index is 0.318. The molecule has 0 N–H and O–H groups in total. The maximum atomic E-state index is 11.2. The molecule has 0 aromatic heterocycles. The Morgan fingerprint density at radius 3 is 3.30 bits per heavy atom. The first kappa shape index (κ1) is 6.47. The molecule has 0 aromatic carbocycles. The van der Waals surface area contributed by atoms with Gasteiger partial charge in [0.25, 0.3) is 0 Å². The van der Waals surface area contributed by atoms with E-state index in [1.54, 1.807) is 0 Å². The second-order valence-corrected chi connectivity index (χ2v) is 3.88. The van der Waals surface area contributed by atoms with Crippen LogP contribution in [-0.2, 0) is 4.79 Å². The smallest absolute Gasteiger partial charge is 0.141 e. The Hall–Kier alpha value is -0.240. The highest BCUT2D eigenvalue weighted by molar-refractivity contribution is 7.99. The summed E-state index contributed by atoms with van der Waals surface area (Å²) < 4.78 is 0. The lowest BCUT2D eigenvalue weighted by molar-refractivity contribution is -0.121. The van der Waals surface area contributed by atoms with E-state index in [0.717, 1.165) is 24.3 Å². The van der Waals surface area contributed by atoms with Crippen LogP contribution in [0.3, 0.4) is 0 Å². The predicted molar refractivity (Wildman–Crippen MR) is 43.1 cm³/mol. The Balaban J connectivity index is 2.26. The molecule has 1 saturated heterocycles. The van der Waals surface area contributed by atoms with Crippen LogP contribution in [0.1, 0.15) is 12.8 Å². The number of hydrogen-bond acceptors (Lipinski definition) is 2. The van der Waals surface area contributed by atoms with Gasteiger partial charge in [-0.05, 0) is 6.42 Å². The van der Waals surface area contributed by atoms with Gasteiger partial charge in [0.2, 0.25) is 0 Å². The van der Waals surface area contributed by atoms with Gasteiger partial charge < -0.3 is 0 Å². The van der Waals surface area contributed by atoms with Crippen LogP contribution < -0.4 is 0 Å². The van der Waals surface area contributed by atoms with E-state index < -0.39 is 0 Å². The van der Waals surface area contributed by atoms with Crippen molar-refractivity contribution in [1.29, 1.82) is 0 Å². The van der Waals surface area contributed by atoms with E-state index in [1.807, 2.05) is 11.8 Å². The van der Waals surface area contributed by atoms with E-state index in [2.05, 4.69) is 6.08 Å². The van der Waals surface area contributed by atoms with Gasteiger partial charge >= 0.3 is 0 Å². The quantitative estimate of drug-likeness (QED) is 0.493. The largest absolute Gasteiger partial charge is 0.299 e. The zero-order chi connectivity index (χ0) is 6.97. The molecule has 1 heterocycles. The lowest BCUT2D eigenvalue weighted by Crippen LogP contribution is -2.18. The summed E-state index contributed by atoms with van der Waals surface area (Å²) in [5.74, 6) is 2.95. The molecular formula is C8H10OS. The molecule has 0 spiro atoms. The third kappa shape index (κ3) is 0.908. The number of hydrogen-bond donors (Lipinski definition) is 0. The SMILES string of the molecule is O=C1CCC=C2CSCC12. The van der Waals surface area contributed by atoms with Crippen LogP contribution in [0.15, 0.2) is 11.6 Å². The summed E-state index contributed by atoms with van der Waals surface area (Å²) in [7, 11) is 0. The zero-order valence-corrected chi connectivity index (χ0v) is 6.62. The number of carbonyl (C=O) groups is 1. The lowest BCUT2D eigenvalue weighted by Gasteiger charge is -2.13. The number of carbonyl (C=O) groups excluding carboxylic acids is 1. The van der Waals surface area contributed by atoms with E-state index in [9.17, 15) is 4.79 Å². The topological polar surface area (TPSA) is 17.1 Å². The van der Waals surface area contributed by atoms with Crippen molar-refractivity contribution < 1.29 is 4.79 Å². The number of allylic oxidation sites excluding steroid dienone is 1. The predicted octanol–water partition coefficient (Wildman–Crippen LogP) is 1.64. The van der Waals surface area contributed by atoms with Gasteiger partial charge in [-0.15, -0.1) is 0 Å². The van der Waals surface area contributed by atoms with E-state index in [4.69, 9.17) is 0 Å².